The summed E-state index contributed by atoms with van der Waals surface area (Å²) in [5, 5.41) is 13.8. The van der Waals surface area contributed by atoms with Gasteiger partial charge in [-0.15, -0.1) is 11.8 Å². The second-order valence-corrected chi connectivity index (χ2v) is 10.0. The van der Waals surface area contributed by atoms with E-state index in [0.29, 0.717) is 18.7 Å². The molecule has 0 spiro atoms. The third-order valence-electron chi connectivity index (χ3n) is 5.13. The number of nitrogens with one attached hydrogen (secondary N) is 1. The molecule has 0 saturated carbocycles. The van der Waals surface area contributed by atoms with Crippen LogP contribution in [0.3, 0.4) is 0 Å². The molecule has 0 bridgehead atoms. The van der Waals surface area contributed by atoms with E-state index in [0.717, 1.165) is 16.7 Å². The Labute approximate surface area is 200 Å². The highest BCUT2D eigenvalue weighted by atomic mass is 32.2. The molecule has 178 valence electrons. The molecule has 0 unspecified atom stereocenters. The largest absolute Gasteiger partial charge is 0.350 e. The average molecular weight is 472 g/mol. The van der Waals surface area contributed by atoms with Crippen molar-refractivity contribution in [3.8, 4) is 0 Å². The molecule has 2 aromatic rings. The Hall–Kier alpha value is -2.87. The van der Waals surface area contributed by atoms with E-state index in [4.69, 9.17) is 0 Å². The van der Waals surface area contributed by atoms with Gasteiger partial charge < -0.3 is 10.2 Å². The van der Waals surface area contributed by atoms with Crippen molar-refractivity contribution >= 4 is 29.3 Å². The minimum Gasteiger partial charge on any atom is -0.350 e. The first-order chi connectivity index (χ1) is 15.5. The van der Waals surface area contributed by atoms with Gasteiger partial charge in [0.15, 0.2) is 0 Å². The summed E-state index contributed by atoms with van der Waals surface area (Å²) in [6.07, 6.45) is 0.507. The number of aryl methyl sites for hydroxylation is 1. The topological polar surface area (TPSA) is 92.6 Å². The van der Waals surface area contributed by atoms with Crippen LogP contribution in [-0.2, 0) is 21.9 Å². The van der Waals surface area contributed by atoms with E-state index in [1.807, 2.05) is 58.9 Å². The Morgan fingerprint density at radius 3 is 2.30 bits per heavy atom. The maximum atomic E-state index is 13.3. The maximum absolute atomic E-state index is 13.3. The molecule has 0 radical (unpaired) electrons. The molecule has 0 saturated heterocycles. The SMILES string of the molecule is CC[C@@H](C(=O)NC(C)(C)C)N(Cc1ccccc1C)C(=O)CSCc1ccc([N+](=O)[O-])cc1. The van der Waals surface area contributed by atoms with E-state index in [9.17, 15) is 19.7 Å². The van der Waals surface area contributed by atoms with Crippen LogP contribution in [0, 0.1) is 17.0 Å². The molecule has 0 aliphatic carbocycles. The molecule has 1 N–H and O–H groups in total. The number of amides is 2. The predicted molar refractivity (Wildman–Crippen MR) is 133 cm³/mol. The number of hydrogen-bond acceptors (Lipinski definition) is 5. The normalized spacial score (nSPS) is 12.2. The fraction of sp³-hybridized carbons (Fsp3) is 0.440. The van der Waals surface area contributed by atoms with Gasteiger partial charge in [0.05, 0.1) is 10.7 Å². The summed E-state index contributed by atoms with van der Waals surface area (Å²) in [6, 6.07) is 13.6. The summed E-state index contributed by atoms with van der Waals surface area (Å²) in [5.41, 5.74) is 2.63. The summed E-state index contributed by atoms with van der Waals surface area (Å²) < 4.78 is 0. The number of nitro benzene ring substituents is 1. The van der Waals surface area contributed by atoms with E-state index in [1.54, 1.807) is 17.0 Å². The molecule has 0 heterocycles. The molecule has 2 aromatic carbocycles. The van der Waals surface area contributed by atoms with Crippen molar-refractivity contribution in [2.75, 3.05) is 5.75 Å². The second kappa shape index (κ2) is 11.8. The molecule has 33 heavy (non-hydrogen) atoms. The lowest BCUT2D eigenvalue weighted by molar-refractivity contribution is -0.384. The highest BCUT2D eigenvalue weighted by molar-refractivity contribution is 7.99. The van der Waals surface area contributed by atoms with Gasteiger partial charge in [-0.05, 0) is 50.8 Å². The van der Waals surface area contributed by atoms with Gasteiger partial charge in [-0.1, -0.05) is 43.3 Å². The minimum atomic E-state index is -0.573. The third-order valence-corrected chi connectivity index (χ3v) is 6.12. The summed E-state index contributed by atoms with van der Waals surface area (Å²) in [7, 11) is 0. The Balaban J connectivity index is 2.15. The summed E-state index contributed by atoms with van der Waals surface area (Å²) in [5.74, 6) is 0.489. The molecule has 7 nitrogen and oxygen atoms in total. The number of benzene rings is 2. The molecule has 8 heteroatoms. The highest BCUT2D eigenvalue weighted by Gasteiger charge is 2.30. The van der Waals surface area contributed by atoms with Crippen LogP contribution in [0.2, 0.25) is 0 Å². The summed E-state index contributed by atoms with van der Waals surface area (Å²) in [4.78, 5) is 38.4. The molecule has 0 fully saturated rings. The van der Waals surface area contributed by atoms with Gasteiger partial charge in [-0.25, -0.2) is 0 Å². The average Bonchev–Trinajstić information content (AvgIpc) is 2.74. The Morgan fingerprint density at radius 1 is 1.12 bits per heavy atom. The number of non-ortho nitro benzene ring substituents is 1. The van der Waals surface area contributed by atoms with Crippen LogP contribution in [0.15, 0.2) is 48.5 Å². The van der Waals surface area contributed by atoms with Crippen LogP contribution in [0.5, 0.6) is 0 Å². The van der Waals surface area contributed by atoms with Crippen molar-refractivity contribution in [2.45, 2.75) is 64.9 Å². The van der Waals surface area contributed by atoms with Gasteiger partial charge in [0, 0.05) is 30.0 Å². The number of hydrogen-bond donors (Lipinski definition) is 1. The summed E-state index contributed by atoms with van der Waals surface area (Å²) >= 11 is 1.43. The molecule has 0 aliphatic heterocycles. The molecular formula is C25H33N3O4S. The predicted octanol–water partition coefficient (Wildman–Crippen LogP) is 4.86. The fourth-order valence-corrected chi connectivity index (χ4v) is 4.27. The first-order valence-corrected chi connectivity index (χ1v) is 12.1. The van der Waals surface area contributed by atoms with Crippen molar-refractivity contribution in [3.05, 3.63) is 75.3 Å². The number of nitro groups is 1. The Kier molecular flexibility index (Phi) is 9.46. The highest BCUT2D eigenvalue weighted by Crippen LogP contribution is 2.20. The number of nitrogens with zero attached hydrogens (tertiary/aromatic N) is 2. The van der Waals surface area contributed by atoms with Crippen molar-refractivity contribution in [1.82, 2.24) is 10.2 Å². The molecule has 2 amide bonds. The van der Waals surface area contributed by atoms with E-state index in [-0.39, 0.29) is 23.3 Å². The number of carbonyl (C=O) groups is 2. The number of thioether (sulfide) groups is 1. The van der Waals surface area contributed by atoms with Crippen molar-refractivity contribution < 1.29 is 14.5 Å². The van der Waals surface area contributed by atoms with Gasteiger partial charge in [-0.3, -0.25) is 19.7 Å². The molecule has 0 aromatic heterocycles. The van der Waals surface area contributed by atoms with Gasteiger partial charge >= 0.3 is 0 Å². The Morgan fingerprint density at radius 2 is 1.76 bits per heavy atom. The zero-order chi connectivity index (χ0) is 24.6. The first kappa shape index (κ1) is 26.4. The monoisotopic (exact) mass is 471 g/mol. The van der Waals surface area contributed by atoms with Crippen LogP contribution >= 0.6 is 11.8 Å². The molecule has 0 aliphatic rings. The molecule has 1 atom stereocenters. The quantitative estimate of drug-likeness (QED) is 0.395. The van der Waals surface area contributed by atoms with Gasteiger partial charge in [-0.2, -0.15) is 0 Å². The lowest BCUT2D eigenvalue weighted by Gasteiger charge is -2.33. The molecule has 2 rings (SSSR count). The lowest BCUT2D eigenvalue weighted by atomic mass is 10.0. The maximum Gasteiger partial charge on any atom is 0.269 e. The van der Waals surface area contributed by atoms with E-state index in [2.05, 4.69) is 5.32 Å². The fourth-order valence-electron chi connectivity index (χ4n) is 3.40. The third kappa shape index (κ3) is 8.20. The molecular weight excluding hydrogens is 438 g/mol. The number of rotatable bonds is 10. The van der Waals surface area contributed by atoms with E-state index < -0.39 is 16.5 Å². The van der Waals surface area contributed by atoms with Crippen molar-refractivity contribution in [1.29, 1.82) is 0 Å². The van der Waals surface area contributed by atoms with E-state index in [1.165, 1.54) is 23.9 Å². The number of carbonyl (C=O) groups excluding carboxylic acids is 2. The van der Waals surface area contributed by atoms with Crippen molar-refractivity contribution in [3.63, 3.8) is 0 Å². The van der Waals surface area contributed by atoms with Gasteiger partial charge in [0.2, 0.25) is 11.8 Å². The zero-order valence-corrected chi connectivity index (χ0v) is 20.8. The van der Waals surface area contributed by atoms with Gasteiger partial charge in [0.1, 0.15) is 6.04 Å². The second-order valence-electron chi connectivity index (χ2n) is 9.03. The standard InChI is InChI=1S/C25H33N3O4S/c1-6-22(24(30)26-25(3,4)5)27(15-20-10-8-7-9-18(20)2)23(29)17-33-16-19-11-13-21(14-12-19)28(31)32/h7-14,22H,6,15-17H2,1-5H3,(H,26,30)/t22-/m0/s1. The van der Waals surface area contributed by atoms with Crippen LogP contribution < -0.4 is 5.32 Å². The zero-order valence-electron chi connectivity index (χ0n) is 20.0. The van der Waals surface area contributed by atoms with Crippen LogP contribution in [-0.4, -0.2) is 39.0 Å². The van der Waals surface area contributed by atoms with Crippen LogP contribution in [0.25, 0.3) is 0 Å². The van der Waals surface area contributed by atoms with Crippen LogP contribution in [0.4, 0.5) is 5.69 Å². The Bertz CT molecular complexity index is 970. The summed E-state index contributed by atoms with van der Waals surface area (Å²) in [6.45, 7) is 10.0. The smallest absolute Gasteiger partial charge is 0.269 e. The first-order valence-electron chi connectivity index (χ1n) is 11.0. The van der Waals surface area contributed by atoms with Crippen LogP contribution in [0.1, 0.15) is 50.8 Å². The van der Waals surface area contributed by atoms with Gasteiger partial charge in [0.25, 0.3) is 5.69 Å². The van der Waals surface area contributed by atoms with E-state index >= 15 is 0 Å². The minimum absolute atomic E-state index is 0.0416. The van der Waals surface area contributed by atoms with Crippen molar-refractivity contribution in [2.24, 2.45) is 0 Å². The lowest BCUT2D eigenvalue weighted by Crippen LogP contribution is -2.53.